The molecule has 0 aromatic heterocycles. The molecule has 2 aliphatic rings. The molecule has 7 nitrogen and oxygen atoms in total. The van der Waals surface area contributed by atoms with Crippen molar-refractivity contribution >= 4 is 0 Å². The van der Waals surface area contributed by atoms with Crippen LogP contribution in [-0.4, -0.2) is 37.3 Å². The molecule has 0 N–H and O–H groups in total. The molecule has 2 fully saturated rings. The minimum absolute atomic E-state index is 0.152. The minimum Gasteiger partial charge on any atom is -0.347 e. The highest BCUT2D eigenvalue weighted by Gasteiger charge is 2.50. The number of hydrogen-bond acceptors (Lipinski definition) is 5. The number of fused-ring (bicyclic) bond motifs is 1. The van der Waals surface area contributed by atoms with E-state index in [4.69, 9.17) is 24.5 Å². The Balaban J connectivity index is 1.47. The van der Waals surface area contributed by atoms with E-state index < -0.39 is 37.0 Å². The van der Waals surface area contributed by atoms with E-state index in [1.807, 2.05) is 60.7 Å². The molecule has 2 aromatic rings. The van der Waals surface area contributed by atoms with Crippen molar-refractivity contribution in [3.8, 4) is 0 Å². The van der Waals surface area contributed by atoms with Gasteiger partial charge in [0.2, 0.25) is 0 Å². The van der Waals surface area contributed by atoms with E-state index in [2.05, 4.69) is 10.0 Å². The monoisotopic (exact) mass is 385 g/mol. The Morgan fingerprint density at radius 2 is 1.79 bits per heavy atom. The first-order chi connectivity index (χ1) is 13.8. The van der Waals surface area contributed by atoms with Gasteiger partial charge >= 0.3 is 0 Å². The fourth-order valence-electron chi connectivity index (χ4n) is 3.39. The molecule has 0 radical (unpaired) electrons. The number of alkyl halides is 1. The molecular weight excluding hydrogens is 365 g/mol. The normalized spacial score (nSPS) is 32.2. The molecule has 4 rings (SSSR count). The van der Waals surface area contributed by atoms with Crippen molar-refractivity contribution < 1.29 is 23.3 Å². The largest absolute Gasteiger partial charge is 0.347 e. The van der Waals surface area contributed by atoms with Crippen LogP contribution in [0.3, 0.4) is 0 Å². The Kier molecular flexibility index (Phi) is 5.85. The van der Waals surface area contributed by atoms with Gasteiger partial charge in [-0.2, -0.15) is 0 Å². The lowest BCUT2D eigenvalue weighted by Gasteiger charge is -2.45. The number of azide groups is 1. The number of halogens is 1. The minimum atomic E-state index is -1.58. The third-order valence-electron chi connectivity index (χ3n) is 4.80. The van der Waals surface area contributed by atoms with Gasteiger partial charge < -0.3 is 18.9 Å². The fourth-order valence-corrected chi connectivity index (χ4v) is 3.39. The molecule has 2 aliphatic heterocycles. The Labute approximate surface area is 161 Å². The summed E-state index contributed by atoms with van der Waals surface area (Å²) in [5, 5.41) is 3.58. The summed E-state index contributed by atoms with van der Waals surface area (Å²) in [6, 6.07) is 17.6. The quantitative estimate of drug-likeness (QED) is 0.441. The van der Waals surface area contributed by atoms with E-state index >= 15 is 4.39 Å². The van der Waals surface area contributed by atoms with Crippen molar-refractivity contribution in [1.82, 2.24) is 0 Å². The highest BCUT2D eigenvalue weighted by molar-refractivity contribution is 5.17. The lowest BCUT2D eigenvalue weighted by atomic mass is 9.97. The molecule has 0 aliphatic carbocycles. The fraction of sp³-hybridized carbons (Fsp3) is 0.400. The predicted molar refractivity (Wildman–Crippen MR) is 97.7 cm³/mol. The van der Waals surface area contributed by atoms with E-state index in [1.165, 1.54) is 0 Å². The van der Waals surface area contributed by atoms with Crippen LogP contribution < -0.4 is 0 Å². The van der Waals surface area contributed by atoms with Crippen molar-refractivity contribution in [2.45, 2.75) is 43.6 Å². The zero-order chi connectivity index (χ0) is 19.3. The lowest BCUT2D eigenvalue weighted by Crippen LogP contribution is -2.60. The van der Waals surface area contributed by atoms with Crippen LogP contribution in [0.4, 0.5) is 4.39 Å². The van der Waals surface area contributed by atoms with Gasteiger partial charge in [0.25, 0.3) is 0 Å². The van der Waals surface area contributed by atoms with E-state index in [0.717, 1.165) is 11.1 Å². The predicted octanol–water partition coefficient (Wildman–Crippen LogP) is 4.06. The van der Waals surface area contributed by atoms with Crippen LogP contribution >= 0.6 is 0 Å². The Morgan fingerprint density at radius 1 is 1.07 bits per heavy atom. The van der Waals surface area contributed by atoms with E-state index in [1.54, 1.807) is 0 Å². The molecule has 146 valence electrons. The van der Waals surface area contributed by atoms with Gasteiger partial charge in [0.05, 0.1) is 13.2 Å². The van der Waals surface area contributed by atoms with Gasteiger partial charge in [-0.25, -0.2) is 4.39 Å². The SMILES string of the molecule is [N-]=[N+]=N[C@H]1[C@@H](OCc2ccccc2)O[C@@H]2COC(c3ccccc3)O[C@H]2[C@@H]1F. The first kappa shape index (κ1) is 18.9. The first-order valence-corrected chi connectivity index (χ1v) is 9.07. The Bertz CT molecular complexity index is 819. The smallest absolute Gasteiger partial charge is 0.184 e. The number of hydrogen-bond donors (Lipinski definition) is 0. The molecule has 0 spiro atoms. The van der Waals surface area contributed by atoms with E-state index in [0.29, 0.717) is 0 Å². The van der Waals surface area contributed by atoms with Gasteiger partial charge in [-0.05, 0) is 11.1 Å². The first-order valence-electron chi connectivity index (χ1n) is 9.07. The summed E-state index contributed by atoms with van der Waals surface area (Å²) in [6.07, 6.45) is -4.86. The standard InChI is InChI=1S/C20H20FN3O4/c21-16-17(23-24-22)20(25-11-13-7-3-1-4-8-13)27-15-12-26-19(28-18(15)16)14-9-5-2-6-10-14/h1-10,15-20H,11-12H2/t15-,16-,17-,18-,19?,20+/m1/s1. The molecular formula is C20H20FN3O4. The number of ether oxygens (including phenoxy) is 4. The highest BCUT2D eigenvalue weighted by atomic mass is 19.1. The van der Waals surface area contributed by atoms with Crippen molar-refractivity contribution in [3.63, 3.8) is 0 Å². The van der Waals surface area contributed by atoms with Gasteiger partial charge in [0.15, 0.2) is 12.6 Å². The summed E-state index contributed by atoms with van der Waals surface area (Å²) < 4.78 is 38.3. The summed E-state index contributed by atoms with van der Waals surface area (Å²) >= 11 is 0. The molecule has 0 amide bonds. The molecule has 28 heavy (non-hydrogen) atoms. The maximum atomic E-state index is 15.2. The third kappa shape index (κ3) is 4.01. The van der Waals surface area contributed by atoms with Crippen molar-refractivity contribution in [2.75, 3.05) is 6.61 Å². The average Bonchev–Trinajstić information content (AvgIpc) is 2.76. The van der Waals surface area contributed by atoms with Crippen LogP contribution in [0.1, 0.15) is 17.4 Å². The highest BCUT2D eigenvalue weighted by Crippen LogP contribution is 2.36. The van der Waals surface area contributed by atoms with Crippen LogP contribution in [0.5, 0.6) is 0 Å². The Hall–Kier alpha value is -2.48. The van der Waals surface area contributed by atoms with Crippen molar-refractivity contribution in [1.29, 1.82) is 0 Å². The summed E-state index contributed by atoms with van der Waals surface area (Å²) in [4.78, 5) is 2.77. The van der Waals surface area contributed by atoms with Crippen LogP contribution in [0.2, 0.25) is 0 Å². The van der Waals surface area contributed by atoms with Gasteiger partial charge in [0.1, 0.15) is 24.4 Å². The molecule has 2 heterocycles. The lowest BCUT2D eigenvalue weighted by molar-refractivity contribution is -0.336. The number of rotatable bonds is 5. The molecule has 6 atom stereocenters. The van der Waals surface area contributed by atoms with Crippen LogP contribution in [-0.2, 0) is 25.6 Å². The topological polar surface area (TPSA) is 85.7 Å². The second kappa shape index (κ2) is 8.68. The van der Waals surface area contributed by atoms with Gasteiger partial charge in [-0.3, -0.25) is 0 Å². The maximum absolute atomic E-state index is 15.2. The van der Waals surface area contributed by atoms with E-state index in [-0.39, 0.29) is 13.2 Å². The van der Waals surface area contributed by atoms with Crippen LogP contribution in [0, 0.1) is 0 Å². The molecule has 0 saturated carbocycles. The third-order valence-corrected chi connectivity index (χ3v) is 4.80. The van der Waals surface area contributed by atoms with Gasteiger partial charge in [-0.1, -0.05) is 65.8 Å². The summed E-state index contributed by atoms with van der Waals surface area (Å²) in [6.45, 7) is 0.361. The molecule has 2 aromatic carbocycles. The van der Waals surface area contributed by atoms with Crippen LogP contribution in [0.25, 0.3) is 10.4 Å². The molecule has 8 heteroatoms. The molecule has 1 unspecified atom stereocenters. The molecule has 2 saturated heterocycles. The van der Waals surface area contributed by atoms with Crippen molar-refractivity contribution in [2.24, 2.45) is 5.11 Å². The van der Waals surface area contributed by atoms with Crippen molar-refractivity contribution in [3.05, 3.63) is 82.2 Å². The Morgan fingerprint density at radius 3 is 2.50 bits per heavy atom. The summed E-state index contributed by atoms with van der Waals surface area (Å²) in [5.74, 6) is 0. The van der Waals surface area contributed by atoms with E-state index in [9.17, 15) is 0 Å². The average molecular weight is 385 g/mol. The zero-order valence-corrected chi connectivity index (χ0v) is 15.0. The molecule has 0 bridgehead atoms. The second-order valence-electron chi connectivity index (χ2n) is 6.66. The van der Waals surface area contributed by atoms with Gasteiger partial charge in [-0.15, -0.1) is 0 Å². The van der Waals surface area contributed by atoms with Gasteiger partial charge in [0, 0.05) is 10.5 Å². The number of benzene rings is 2. The van der Waals surface area contributed by atoms with Crippen LogP contribution in [0.15, 0.2) is 65.8 Å². The maximum Gasteiger partial charge on any atom is 0.184 e. The second-order valence-corrected chi connectivity index (χ2v) is 6.66. The summed E-state index contributed by atoms with van der Waals surface area (Å²) in [7, 11) is 0. The zero-order valence-electron chi connectivity index (χ0n) is 15.0. The summed E-state index contributed by atoms with van der Waals surface area (Å²) in [5.41, 5.74) is 10.6. The number of nitrogens with zero attached hydrogens (tertiary/aromatic N) is 3.